The van der Waals surface area contributed by atoms with Crippen LogP contribution in [0, 0.1) is 5.41 Å². The van der Waals surface area contributed by atoms with Crippen LogP contribution in [0.3, 0.4) is 0 Å². The lowest BCUT2D eigenvalue weighted by Gasteiger charge is -2.23. The molecule has 3 heteroatoms. The van der Waals surface area contributed by atoms with Crippen molar-refractivity contribution in [3.8, 4) is 0 Å². The Bertz CT molecular complexity index is 172. The van der Waals surface area contributed by atoms with Crippen molar-refractivity contribution in [3.63, 3.8) is 0 Å². The maximum atomic E-state index is 7.01. The molecular weight excluding hydrogens is 126 g/mol. The predicted octanol–water partition coefficient (Wildman–Crippen LogP) is 0.184. The van der Waals surface area contributed by atoms with E-state index in [1.807, 2.05) is 7.05 Å². The van der Waals surface area contributed by atoms with Gasteiger partial charge in [0, 0.05) is 25.0 Å². The molecule has 0 fully saturated rings. The van der Waals surface area contributed by atoms with Crippen molar-refractivity contribution in [3.05, 3.63) is 11.3 Å². The van der Waals surface area contributed by atoms with Crippen LogP contribution < -0.4 is 5.73 Å². The van der Waals surface area contributed by atoms with E-state index in [1.54, 1.807) is 0 Å². The molecule has 3 N–H and O–H groups in total. The van der Waals surface area contributed by atoms with Crippen molar-refractivity contribution >= 4 is 6.21 Å². The Morgan fingerprint density at radius 2 is 2.40 bits per heavy atom. The third kappa shape index (κ3) is 1.36. The number of nitrogens with two attached hydrogens (primary N) is 1. The van der Waals surface area contributed by atoms with Crippen molar-refractivity contribution in [1.82, 2.24) is 4.90 Å². The number of nitrogens with zero attached hydrogens (tertiary/aromatic N) is 1. The van der Waals surface area contributed by atoms with Crippen molar-refractivity contribution in [1.29, 1.82) is 5.41 Å². The van der Waals surface area contributed by atoms with Crippen molar-refractivity contribution < 1.29 is 0 Å². The summed E-state index contributed by atoms with van der Waals surface area (Å²) in [5.74, 6) is 0. The molecule has 0 bridgehead atoms. The van der Waals surface area contributed by atoms with Crippen LogP contribution in [-0.4, -0.2) is 31.3 Å². The quantitative estimate of drug-likeness (QED) is 0.509. The molecular formula is C7H13N3. The Morgan fingerprint density at radius 1 is 1.70 bits per heavy atom. The zero-order chi connectivity index (χ0) is 7.56. The first-order valence-corrected chi connectivity index (χ1v) is 3.40. The van der Waals surface area contributed by atoms with E-state index >= 15 is 0 Å². The summed E-state index contributed by atoms with van der Waals surface area (Å²) in [4.78, 5) is 2.16. The second-order valence-electron chi connectivity index (χ2n) is 2.68. The highest BCUT2D eigenvalue weighted by Crippen LogP contribution is 2.09. The van der Waals surface area contributed by atoms with Gasteiger partial charge in [0.05, 0.1) is 0 Å². The predicted molar refractivity (Wildman–Crippen MR) is 42.1 cm³/mol. The molecule has 1 aliphatic rings. The van der Waals surface area contributed by atoms with Gasteiger partial charge >= 0.3 is 0 Å². The van der Waals surface area contributed by atoms with Crippen molar-refractivity contribution in [2.75, 3.05) is 20.1 Å². The second kappa shape index (κ2) is 2.84. The molecule has 56 valence electrons. The Balaban J connectivity index is 2.70. The molecule has 0 unspecified atom stereocenters. The van der Waals surface area contributed by atoms with Crippen LogP contribution >= 0.6 is 0 Å². The van der Waals surface area contributed by atoms with E-state index in [4.69, 9.17) is 11.1 Å². The van der Waals surface area contributed by atoms with E-state index in [-0.39, 0.29) is 0 Å². The summed E-state index contributed by atoms with van der Waals surface area (Å²) in [5.41, 5.74) is 7.52. The molecule has 0 aliphatic carbocycles. The van der Waals surface area contributed by atoms with Gasteiger partial charge in [-0.25, -0.2) is 0 Å². The Morgan fingerprint density at radius 3 is 2.90 bits per heavy atom. The lowest BCUT2D eigenvalue weighted by atomic mass is 10.1. The molecule has 0 amide bonds. The second-order valence-corrected chi connectivity index (χ2v) is 2.68. The van der Waals surface area contributed by atoms with E-state index in [1.165, 1.54) is 6.21 Å². The highest BCUT2D eigenvalue weighted by atomic mass is 15.1. The minimum absolute atomic E-state index is 0.810. The molecule has 3 nitrogen and oxygen atoms in total. The van der Waals surface area contributed by atoms with Crippen molar-refractivity contribution in [2.24, 2.45) is 5.73 Å². The SMILES string of the molecule is CN1CCC(C=N)=C(N)C1. The minimum atomic E-state index is 0.810. The van der Waals surface area contributed by atoms with Gasteiger partial charge < -0.3 is 16.0 Å². The lowest BCUT2D eigenvalue weighted by molar-refractivity contribution is 0.350. The van der Waals surface area contributed by atoms with Crippen LogP contribution in [0.2, 0.25) is 0 Å². The molecule has 0 saturated carbocycles. The zero-order valence-corrected chi connectivity index (χ0v) is 6.22. The first-order valence-electron chi connectivity index (χ1n) is 3.40. The van der Waals surface area contributed by atoms with Gasteiger partial charge in [-0.05, 0) is 19.0 Å². The normalized spacial score (nSPS) is 21.3. The average molecular weight is 139 g/mol. The molecule has 1 rings (SSSR count). The molecule has 0 aromatic carbocycles. The fourth-order valence-electron chi connectivity index (χ4n) is 1.11. The molecule has 0 spiro atoms. The molecule has 1 aliphatic heterocycles. The van der Waals surface area contributed by atoms with Gasteiger partial charge in [0.1, 0.15) is 0 Å². The van der Waals surface area contributed by atoms with E-state index in [0.717, 1.165) is 30.8 Å². The van der Waals surface area contributed by atoms with Gasteiger partial charge in [0.25, 0.3) is 0 Å². The van der Waals surface area contributed by atoms with Crippen LogP contribution in [0.15, 0.2) is 11.3 Å². The zero-order valence-electron chi connectivity index (χ0n) is 6.22. The van der Waals surface area contributed by atoms with Crippen molar-refractivity contribution in [2.45, 2.75) is 6.42 Å². The van der Waals surface area contributed by atoms with Crippen LogP contribution in [0.4, 0.5) is 0 Å². The maximum absolute atomic E-state index is 7.01. The summed E-state index contributed by atoms with van der Waals surface area (Å²) in [6.07, 6.45) is 2.29. The largest absolute Gasteiger partial charge is 0.401 e. The molecule has 0 atom stereocenters. The van der Waals surface area contributed by atoms with Crippen LogP contribution in [0.25, 0.3) is 0 Å². The van der Waals surface area contributed by atoms with Gasteiger partial charge in [-0.2, -0.15) is 0 Å². The Hall–Kier alpha value is -0.830. The van der Waals surface area contributed by atoms with Crippen LogP contribution in [0.1, 0.15) is 6.42 Å². The molecule has 0 aromatic rings. The van der Waals surface area contributed by atoms with Gasteiger partial charge in [0.15, 0.2) is 0 Å². The number of hydrogen-bond acceptors (Lipinski definition) is 3. The van der Waals surface area contributed by atoms with E-state index in [0.29, 0.717) is 0 Å². The monoisotopic (exact) mass is 139 g/mol. The number of rotatable bonds is 1. The third-order valence-electron chi connectivity index (χ3n) is 1.79. The topological polar surface area (TPSA) is 53.1 Å². The lowest BCUT2D eigenvalue weighted by Crippen LogP contribution is -2.31. The summed E-state index contributed by atoms with van der Waals surface area (Å²) in [6.45, 7) is 1.83. The molecule has 0 aromatic heterocycles. The van der Waals surface area contributed by atoms with Gasteiger partial charge in [-0.1, -0.05) is 0 Å². The van der Waals surface area contributed by atoms with Crippen LogP contribution in [0.5, 0.6) is 0 Å². The Kier molecular flexibility index (Phi) is 2.06. The molecule has 0 saturated heterocycles. The number of hydrogen-bond donors (Lipinski definition) is 2. The van der Waals surface area contributed by atoms with Crippen LogP contribution in [-0.2, 0) is 0 Å². The molecule has 0 radical (unpaired) electrons. The average Bonchev–Trinajstić information content (AvgIpc) is 1.88. The number of nitrogens with one attached hydrogen (secondary N) is 1. The van der Waals surface area contributed by atoms with Gasteiger partial charge in [-0.3, -0.25) is 0 Å². The Labute approximate surface area is 61.0 Å². The fraction of sp³-hybridized carbons (Fsp3) is 0.571. The molecule has 1 heterocycles. The summed E-state index contributed by atoms with van der Waals surface area (Å²) in [7, 11) is 2.04. The highest BCUT2D eigenvalue weighted by Gasteiger charge is 2.10. The standard InChI is InChI=1S/C7H13N3/c1-10-3-2-6(4-8)7(9)5-10/h4,8H,2-3,5,9H2,1H3. The smallest absolute Gasteiger partial charge is 0.0380 e. The van der Waals surface area contributed by atoms with Gasteiger partial charge in [-0.15, -0.1) is 0 Å². The summed E-state index contributed by atoms with van der Waals surface area (Å²) >= 11 is 0. The first kappa shape index (κ1) is 7.28. The van der Waals surface area contributed by atoms with Gasteiger partial charge in [0.2, 0.25) is 0 Å². The summed E-state index contributed by atoms with van der Waals surface area (Å²) < 4.78 is 0. The molecule has 10 heavy (non-hydrogen) atoms. The maximum Gasteiger partial charge on any atom is 0.0380 e. The summed E-state index contributed by atoms with van der Waals surface area (Å²) in [5, 5.41) is 7.01. The minimum Gasteiger partial charge on any atom is -0.401 e. The third-order valence-corrected chi connectivity index (χ3v) is 1.79. The van der Waals surface area contributed by atoms with E-state index < -0.39 is 0 Å². The first-order chi connectivity index (χ1) is 4.74. The van der Waals surface area contributed by atoms with E-state index in [9.17, 15) is 0 Å². The number of likely N-dealkylation sites (N-methyl/N-ethyl adjacent to an activating group) is 1. The highest BCUT2D eigenvalue weighted by molar-refractivity contribution is 5.77. The fourth-order valence-corrected chi connectivity index (χ4v) is 1.11. The van der Waals surface area contributed by atoms with E-state index in [2.05, 4.69) is 4.90 Å². The summed E-state index contributed by atoms with van der Waals surface area (Å²) in [6, 6.07) is 0.